The summed E-state index contributed by atoms with van der Waals surface area (Å²) in [6, 6.07) is 5.97. The number of amides is 1. The molecule has 0 saturated heterocycles. The minimum Gasteiger partial charge on any atom is -0.296 e. The van der Waals surface area contributed by atoms with Crippen LogP contribution in [0.4, 0.5) is 5.13 Å². The van der Waals surface area contributed by atoms with Gasteiger partial charge in [-0.25, -0.2) is 0 Å². The first-order valence-corrected chi connectivity index (χ1v) is 6.90. The van der Waals surface area contributed by atoms with Gasteiger partial charge in [-0.2, -0.15) is 0 Å². The van der Waals surface area contributed by atoms with E-state index in [1.807, 2.05) is 12.1 Å². The molecule has 2 aromatic rings. The number of fused-ring (bicyclic) bond motifs is 1. The Hall–Kier alpha value is -1.75. The number of rotatable bonds is 2. The molecular formula is C13H13N3OS. The second-order valence-corrected chi connectivity index (χ2v) is 5.22. The molecule has 1 heterocycles. The maximum absolute atomic E-state index is 12.0. The van der Waals surface area contributed by atoms with Crippen molar-refractivity contribution in [2.75, 3.05) is 5.32 Å². The first-order chi connectivity index (χ1) is 8.83. The van der Waals surface area contributed by atoms with Gasteiger partial charge < -0.3 is 0 Å². The standard InChI is InChI=1S/C13H13N3OS/c17-12(15-13-16-14-8-18-13)11-6-5-9-3-1-2-4-10(9)7-11/h5-8H,1-4H2,(H,15,16,17). The van der Waals surface area contributed by atoms with E-state index in [1.54, 1.807) is 5.51 Å². The lowest BCUT2D eigenvalue weighted by Crippen LogP contribution is -2.13. The van der Waals surface area contributed by atoms with Crippen LogP contribution in [0.1, 0.15) is 34.3 Å². The van der Waals surface area contributed by atoms with Crippen molar-refractivity contribution in [2.45, 2.75) is 25.7 Å². The van der Waals surface area contributed by atoms with Gasteiger partial charge in [0.1, 0.15) is 5.51 Å². The molecule has 4 nitrogen and oxygen atoms in total. The van der Waals surface area contributed by atoms with Gasteiger partial charge >= 0.3 is 0 Å². The fraction of sp³-hybridized carbons (Fsp3) is 0.308. The van der Waals surface area contributed by atoms with Crippen LogP contribution in [0.25, 0.3) is 0 Å². The minimum atomic E-state index is -0.111. The predicted octanol–water partition coefficient (Wildman–Crippen LogP) is 2.67. The van der Waals surface area contributed by atoms with E-state index in [9.17, 15) is 4.79 Å². The molecular weight excluding hydrogens is 246 g/mol. The summed E-state index contributed by atoms with van der Waals surface area (Å²) in [5, 5.41) is 10.8. The average Bonchev–Trinajstić information content (AvgIpc) is 2.91. The van der Waals surface area contributed by atoms with Crippen molar-refractivity contribution in [1.29, 1.82) is 0 Å². The molecule has 1 amide bonds. The predicted molar refractivity (Wildman–Crippen MR) is 70.9 cm³/mol. The molecule has 92 valence electrons. The SMILES string of the molecule is O=C(Nc1nncs1)c1ccc2c(c1)CCCC2. The van der Waals surface area contributed by atoms with Gasteiger partial charge in [-0.05, 0) is 48.9 Å². The third-order valence-electron chi connectivity index (χ3n) is 3.19. The van der Waals surface area contributed by atoms with E-state index in [1.165, 1.54) is 35.3 Å². The molecule has 0 spiro atoms. The van der Waals surface area contributed by atoms with Crippen LogP contribution in [0.5, 0.6) is 0 Å². The van der Waals surface area contributed by atoms with E-state index in [0.29, 0.717) is 10.7 Å². The molecule has 1 aliphatic rings. The minimum absolute atomic E-state index is 0.111. The van der Waals surface area contributed by atoms with Crippen molar-refractivity contribution in [3.05, 3.63) is 40.4 Å². The van der Waals surface area contributed by atoms with E-state index < -0.39 is 0 Å². The van der Waals surface area contributed by atoms with Crippen molar-refractivity contribution in [2.24, 2.45) is 0 Å². The lowest BCUT2D eigenvalue weighted by Gasteiger charge is -2.16. The Kier molecular flexibility index (Phi) is 3.06. The molecule has 1 N–H and O–H groups in total. The van der Waals surface area contributed by atoms with Crippen LogP contribution in [0.15, 0.2) is 23.7 Å². The summed E-state index contributed by atoms with van der Waals surface area (Å²) < 4.78 is 0. The number of aryl methyl sites for hydroxylation is 2. The second kappa shape index (κ2) is 4.86. The normalized spacial score (nSPS) is 14.0. The van der Waals surface area contributed by atoms with Gasteiger partial charge in [0.2, 0.25) is 5.13 Å². The molecule has 5 heteroatoms. The summed E-state index contributed by atoms with van der Waals surface area (Å²) in [5.74, 6) is -0.111. The van der Waals surface area contributed by atoms with Crippen LogP contribution in [-0.4, -0.2) is 16.1 Å². The fourth-order valence-corrected chi connectivity index (χ4v) is 2.71. The third-order valence-corrected chi connectivity index (χ3v) is 3.80. The van der Waals surface area contributed by atoms with Crippen molar-refractivity contribution in [3.8, 4) is 0 Å². The molecule has 1 aliphatic carbocycles. The molecule has 3 rings (SSSR count). The highest BCUT2D eigenvalue weighted by atomic mass is 32.1. The molecule has 0 aliphatic heterocycles. The van der Waals surface area contributed by atoms with Gasteiger partial charge in [0, 0.05) is 5.56 Å². The van der Waals surface area contributed by atoms with Gasteiger partial charge in [0.15, 0.2) is 0 Å². The zero-order valence-corrected chi connectivity index (χ0v) is 10.7. The first-order valence-electron chi connectivity index (χ1n) is 6.02. The Bertz CT molecular complexity index is 566. The summed E-state index contributed by atoms with van der Waals surface area (Å²) >= 11 is 1.32. The number of hydrogen-bond donors (Lipinski definition) is 1. The van der Waals surface area contributed by atoms with E-state index in [4.69, 9.17) is 0 Å². The number of anilines is 1. The first kappa shape index (κ1) is 11.3. The summed E-state index contributed by atoms with van der Waals surface area (Å²) in [5.41, 5.74) is 4.99. The summed E-state index contributed by atoms with van der Waals surface area (Å²) in [6.07, 6.45) is 4.68. The Morgan fingerprint density at radius 2 is 2.06 bits per heavy atom. The zero-order chi connectivity index (χ0) is 12.4. The Labute approximate surface area is 109 Å². The quantitative estimate of drug-likeness (QED) is 0.902. The smallest absolute Gasteiger partial charge is 0.257 e. The number of hydrogen-bond acceptors (Lipinski definition) is 4. The van der Waals surface area contributed by atoms with Crippen molar-refractivity contribution >= 4 is 22.4 Å². The highest BCUT2D eigenvalue weighted by molar-refractivity contribution is 7.13. The maximum Gasteiger partial charge on any atom is 0.257 e. The topological polar surface area (TPSA) is 54.9 Å². The van der Waals surface area contributed by atoms with E-state index in [2.05, 4.69) is 21.6 Å². The Morgan fingerprint density at radius 1 is 1.22 bits per heavy atom. The number of nitrogens with zero attached hydrogens (tertiary/aromatic N) is 2. The number of aromatic nitrogens is 2. The average molecular weight is 259 g/mol. The molecule has 0 saturated carbocycles. The molecule has 1 aromatic heterocycles. The number of nitrogens with one attached hydrogen (secondary N) is 1. The number of benzene rings is 1. The lowest BCUT2D eigenvalue weighted by molar-refractivity contribution is 0.102. The van der Waals surface area contributed by atoms with Crippen LogP contribution in [0.2, 0.25) is 0 Å². The summed E-state index contributed by atoms with van der Waals surface area (Å²) in [6.45, 7) is 0. The van der Waals surface area contributed by atoms with Gasteiger partial charge in [-0.1, -0.05) is 17.4 Å². The van der Waals surface area contributed by atoms with Crippen molar-refractivity contribution < 1.29 is 4.79 Å². The maximum atomic E-state index is 12.0. The van der Waals surface area contributed by atoms with Gasteiger partial charge in [0.05, 0.1) is 0 Å². The molecule has 0 atom stereocenters. The van der Waals surface area contributed by atoms with Crippen molar-refractivity contribution in [3.63, 3.8) is 0 Å². The molecule has 1 aromatic carbocycles. The fourth-order valence-electron chi connectivity index (χ4n) is 2.27. The lowest BCUT2D eigenvalue weighted by atomic mass is 9.90. The van der Waals surface area contributed by atoms with Crippen LogP contribution >= 0.6 is 11.3 Å². The highest BCUT2D eigenvalue weighted by Gasteiger charge is 2.13. The number of carbonyl (C=O) groups excluding carboxylic acids is 1. The monoisotopic (exact) mass is 259 g/mol. The van der Waals surface area contributed by atoms with Gasteiger partial charge in [-0.15, -0.1) is 10.2 Å². The van der Waals surface area contributed by atoms with Crippen LogP contribution < -0.4 is 5.32 Å². The van der Waals surface area contributed by atoms with Gasteiger partial charge in [0.25, 0.3) is 5.91 Å². The molecule has 0 unspecified atom stereocenters. The molecule has 18 heavy (non-hydrogen) atoms. The second-order valence-electron chi connectivity index (χ2n) is 4.39. The molecule has 0 bridgehead atoms. The van der Waals surface area contributed by atoms with E-state index in [-0.39, 0.29) is 5.91 Å². The highest BCUT2D eigenvalue weighted by Crippen LogP contribution is 2.22. The van der Waals surface area contributed by atoms with Crippen LogP contribution in [-0.2, 0) is 12.8 Å². The number of carbonyl (C=O) groups is 1. The summed E-state index contributed by atoms with van der Waals surface area (Å²) in [4.78, 5) is 12.0. The third kappa shape index (κ3) is 2.26. The zero-order valence-electron chi connectivity index (χ0n) is 9.85. The largest absolute Gasteiger partial charge is 0.296 e. The van der Waals surface area contributed by atoms with Crippen LogP contribution in [0, 0.1) is 0 Å². The molecule has 0 fully saturated rings. The van der Waals surface area contributed by atoms with E-state index in [0.717, 1.165) is 12.8 Å². The Balaban J connectivity index is 1.81. The molecule has 0 radical (unpaired) electrons. The van der Waals surface area contributed by atoms with Crippen LogP contribution in [0.3, 0.4) is 0 Å². The Morgan fingerprint density at radius 3 is 2.83 bits per heavy atom. The van der Waals surface area contributed by atoms with Crippen molar-refractivity contribution in [1.82, 2.24) is 10.2 Å². The van der Waals surface area contributed by atoms with E-state index >= 15 is 0 Å². The summed E-state index contributed by atoms with van der Waals surface area (Å²) in [7, 11) is 0. The van der Waals surface area contributed by atoms with Gasteiger partial charge in [-0.3, -0.25) is 10.1 Å².